The predicted molar refractivity (Wildman–Crippen MR) is 71.1 cm³/mol. The second-order valence-corrected chi connectivity index (χ2v) is 5.41. The van der Waals surface area contributed by atoms with Crippen LogP contribution in [0.15, 0.2) is 29.2 Å². The number of aryl methyl sites for hydroxylation is 1. The molecule has 0 fully saturated rings. The second-order valence-electron chi connectivity index (χ2n) is 4.27. The highest BCUT2D eigenvalue weighted by molar-refractivity contribution is 7.99. The summed E-state index contributed by atoms with van der Waals surface area (Å²) in [6.07, 6.45) is 0.596. The van der Waals surface area contributed by atoms with Crippen LogP contribution in [0.3, 0.4) is 0 Å². The lowest BCUT2D eigenvalue weighted by molar-refractivity contribution is -0.146. The second kappa shape index (κ2) is 6.07. The molecule has 1 unspecified atom stereocenters. The standard InChI is InChI=1S/C13H19NO2S/c1-10-6-4-5-7-11(10)17-9-8-13(2,14)12(15)16-3/h4-7H,8-9,14H2,1-3H3. The summed E-state index contributed by atoms with van der Waals surface area (Å²) in [6, 6.07) is 8.18. The van der Waals surface area contributed by atoms with Gasteiger partial charge in [-0.05, 0) is 31.9 Å². The van der Waals surface area contributed by atoms with E-state index in [9.17, 15) is 4.79 Å². The third-order valence-corrected chi connectivity index (χ3v) is 3.80. The highest BCUT2D eigenvalue weighted by Gasteiger charge is 2.28. The Kier molecular flexibility index (Phi) is 5.02. The highest BCUT2D eigenvalue weighted by atomic mass is 32.2. The molecule has 0 radical (unpaired) electrons. The average molecular weight is 253 g/mol. The van der Waals surface area contributed by atoms with Crippen molar-refractivity contribution in [2.24, 2.45) is 5.73 Å². The molecule has 0 aliphatic rings. The van der Waals surface area contributed by atoms with Crippen LogP contribution < -0.4 is 5.73 Å². The van der Waals surface area contributed by atoms with Crippen molar-refractivity contribution >= 4 is 17.7 Å². The molecule has 0 spiro atoms. The van der Waals surface area contributed by atoms with Crippen molar-refractivity contribution in [3.05, 3.63) is 29.8 Å². The van der Waals surface area contributed by atoms with Gasteiger partial charge in [-0.3, -0.25) is 4.79 Å². The zero-order valence-corrected chi connectivity index (χ0v) is 11.3. The van der Waals surface area contributed by atoms with Gasteiger partial charge in [0.1, 0.15) is 5.54 Å². The summed E-state index contributed by atoms with van der Waals surface area (Å²) < 4.78 is 4.67. The van der Waals surface area contributed by atoms with Crippen LogP contribution in [0.1, 0.15) is 18.9 Å². The Morgan fingerprint density at radius 1 is 1.47 bits per heavy atom. The largest absolute Gasteiger partial charge is 0.468 e. The Labute approximate surface area is 107 Å². The van der Waals surface area contributed by atoms with E-state index < -0.39 is 5.54 Å². The van der Waals surface area contributed by atoms with Crippen molar-refractivity contribution in [3.63, 3.8) is 0 Å². The fraction of sp³-hybridized carbons (Fsp3) is 0.462. The number of rotatable bonds is 5. The fourth-order valence-corrected chi connectivity index (χ4v) is 2.64. The number of esters is 1. The first-order chi connectivity index (χ1) is 7.97. The van der Waals surface area contributed by atoms with Crippen molar-refractivity contribution in [2.45, 2.75) is 30.7 Å². The van der Waals surface area contributed by atoms with E-state index in [1.54, 1.807) is 18.7 Å². The molecule has 0 saturated carbocycles. The number of hydrogen-bond donors (Lipinski definition) is 1. The van der Waals surface area contributed by atoms with Crippen molar-refractivity contribution in [1.82, 2.24) is 0 Å². The fourth-order valence-electron chi connectivity index (χ4n) is 1.43. The molecule has 1 atom stereocenters. The Morgan fingerprint density at radius 2 is 2.12 bits per heavy atom. The SMILES string of the molecule is COC(=O)C(C)(N)CCSc1ccccc1C. The molecule has 4 heteroatoms. The molecule has 0 aromatic heterocycles. The van der Waals surface area contributed by atoms with Crippen LogP contribution in [0, 0.1) is 6.92 Å². The maximum Gasteiger partial charge on any atom is 0.325 e. The topological polar surface area (TPSA) is 52.3 Å². The van der Waals surface area contributed by atoms with Crippen LogP contribution in [0.2, 0.25) is 0 Å². The van der Waals surface area contributed by atoms with Crippen LogP contribution in [-0.4, -0.2) is 24.4 Å². The van der Waals surface area contributed by atoms with Gasteiger partial charge in [-0.25, -0.2) is 0 Å². The number of carbonyl (C=O) groups excluding carboxylic acids is 1. The molecule has 1 aromatic rings. The van der Waals surface area contributed by atoms with E-state index in [4.69, 9.17) is 5.73 Å². The molecule has 2 N–H and O–H groups in total. The number of methoxy groups -OCH3 is 1. The molecule has 1 rings (SSSR count). The summed E-state index contributed by atoms with van der Waals surface area (Å²) in [5, 5.41) is 0. The predicted octanol–water partition coefficient (Wildman–Crippen LogP) is 2.37. The minimum Gasteiger partial charge on any atom is -0.468 e. The van der Waals surface area contributed by atoms with Gasteiger partial charge < -0.3 is 10.5 Å². The Morgan fingerprint density at radius 3 is 2.71 bits per heavy atom. The van der Waals surface area contributed by atoms with Gasteiger partial charge in [0.05, 0.1) is 7.11 Å². The highest BCUT2D eigenvalue weighted by Crippen LogP contribution is 2.24. The number of benzene rings is 1. The van der Waals surface area contributed by atoms with Gasteiger partial charge in [0.2, 0.25) is 0 Å². The number of thioether (sulfide) groups is 1. The number of nitrogens with two attached hydrogens (primary N) is 1. The zero-order chi connectivity index (χ0) is 12.9. The van der Waals surface area contributed by atoms with Crippen LogP contribution in [0.5, 0.6) is 0 Å². The molecule has 0 aliphatic heterocycles. The van der Waals surface area contributed by atoms with Crippen LogP contribution in [-0.2, 0) is 9.53 Å². The Bertz CT molecular complexity index is 391. The molecule has 3 nitrogen and oxygen atoms in total. The Hall–Kier alpha value is -1.00. The minimum atomic E-state index is -0.898. The summed E-state index contributed by atoms with van der Waals surface area (Å²) in [6.45, 7) is 3.78. The molecule has 0 amide bonds. The number of ether oxygens (including phenoxy) is 1. The molecule has 0 heterocycles. The summed E-state index contributed by atoms with van der Waals surface area (Å²) in [7, 11) is 1.36. The van der Waals surface area contributed by atoms with E-state index in [1.807, 2.05) is 12.1 Å². The van der Waals surface area contributed by atoms with E-state index >= 15 is 0 Å². The minimum absolute atomic E-state index is 0.358. The molecular formula is C13H19NO2S. The van der Waals surface area contributed by atoms with Gasteiger partial charge in [-0.15, -0.1) is 11.8 Å². The van der Waals surface area contributed by atoms with Gasteiger partial charge in [-0.2, -0.15) is 0 Å². The van der Waals surface area contributed by atoms with E-state index in [0.717, 1.165) is 5.75 Å². The summed E-state index contributed by atoms with van der Waals surface area (Å²) in [5.74, 6) is 0.440. The zero-order valence-electron chi connectivity index (χ0n) is 10.5. The first-order valence-electron chi connectivity index (χ1n) is 5.53. The number of carbonyl (C=O) groups is 1. The molecule has 1 aromatic carbocycles. The summed E-state index contributed by atoms with van der Waals surface area (Å²) >= 11 is 1.71. The summed E-state index contributed by atoms with van der Waals surface area (Å²) in [4.78, 5) is 12.6. The van der Waals surface area contributed by atoms with E-state index in [1.165, 1.54) is 17.6 Å². The molecule has 17 heavy (non-hydrogen) atoms. The maximum atomic E-state index is 11.4. The molecule has 0 bridgehead atoms. The third kappa shape index (κ3) is 4.06. The van der Waals surface area contributed by atoms with Gasteiger partial charge in [-0.1, -0.05) is 18.2 Å². The lowest BCUT2D eigenvalue weighted by Gasteiger charge is -2.21. The third-order valence-electron chi connectivity index (χ3n) is 2.62. The van der Waals surface area contributed by atoms with Crippen molar-refractivity contribution in [2.75, 3.05) is 12.9 Å². The van der Waals surface area contributed by atoms with E-state index in [0.29, 0.717) is 6.42 Å². The van der Waals surface area contributed by atoms with Gasteiger partial charge in [0.25, 0.3) is 0 Å². The Balaban J connectivity index is 2.48. The van der Waals surface area contributed by atoms with E-state index in [2.05, 4.69) is 23.8 Å². The monoisotopic (exact) mass is 253 g/mol. The maximum absolute atomic E-state index is 11.4. The van der Waals surface area contributed by atoms with Crippen LogP contribution in [0.4, 0.5) is 0 Å². The lowest BCUT2D eigenvalue weighted by atomic mass is 10.0. The van der Waals surface area contributed by atoms with E-state index in [-0.39, 0.29) is 5.97 Å². The van der Waals surface area contributed by atoms with Crippen molar-refractivity contribution in [1.29, 1.82) is 0 Å². The van der Waals surface area contributed by atoms with Crippen molar-refractivity contribution < 1.29 is 9.53 Å². The average Bonchev–Trinajstić information content (AvgIpc) is 2.30. The normalized spacial score (nSPS) is 14.1. The van der Waals surface area contributed by atoms with Crippen LogP contribution >= 0.6 is 11.8 Å². The first-order valence-corrected chi connectivity index (χ1v) is 6.51. The van der Waals surface area contributed by atoms with Gasteiger partial charge in [0, 0.05) is 10.6 Å². The molecule has 0 aliphatic carbocycles. The van der Waals surface area contributed by atoms with Gasteiger partial charge in [0.15, 0.2) is 0 Å². The van der Waals surface area contributed by atoms with Crippen molar-refractivity contribution in [3.8, 4) is 0 Å². The van der Waals surface area contributed by atoms with Gasteiger partial charge >= 0.3 is 5.97 Å². The lowest BCUT2D eigenvalue weighted by Crippen LogP contribution is -2.46. The molecular weight excluding hydrogens is 234 g/mol. The quantitative estimate of drug-likeness (QED) is 0.646. The number of hydrogen-bond acceptors (Lipinski definition) is 4. The molecule has 0 saturated heterocycles. The van der Waals surface area contributed by atoms with Crippen LogP contribution in [0.25, 0.3) is 0 Å². The first kappa shape index (κ1) is 14.1. The molecule has 94 valence electrons. The smallest absolute Gasteiger partial charge is 0.325 e. The summed E-state index contributed by atoms with van der Waals surface area (Å²) in [5.41, 5.74) is 6.23.